The van der Waals surface area contributed by atoms with Gasteiger partial charge in [0, 0.05) is 24.2 Å². The van der Waals surface area contributed by atoms with Crippen molar-refractivity contribution >= 4 is 5.91 Å². The number of carbonyl (C=O) groups excluding carboxylic acids is 1. The van der Waals surface area contributed by atoms with E-state index in [1.54, 1.807) is 14.0 Å². The van der Waals surface area contributed by atoms with E-state index in [4.69, 9.17) is 5.11 Å². The van der Waals surface area contributed by atoms with E-state index in [2.05, 4.69) is 10.2 Å². The summed E-state index contributed by atoms with van der Waals surface area (Å²) in [6.45, 7) is 1.50. The van der Waals surface area contributed by atoms with Gasteiger partial charge in [0.2, 0.25) is 5.91 Å². The SMILES string of the molecule is CC(CO)N(C)C(=O)C1CCc2[nH]nc(C(F)(F)F)c2C1. The molecule has 1 aliphatic rings. The molecule has 0 bridgehead atoms. The lowest BCUT2D eigenvalue weighted by atomic mass is 9.85. The Morgan fingerprint density at radius 3 is 2.81 bits per heavy atom. The molecule has 2 atom stereocenters. The van der Waals surface area contributed by atoms with Gasteiger partial charge < -0.3 is 10.0 Å². The first-order valence-electron chi connectivity index (χ1n) is 6.76. The van der Waals surface area contributed by atoms with Gasteiger partial charge in [0.25, 0.3) is 0 Å². The molecule has 0 saturated heterocycles. The molecule has 0 spiro atoms. The van der Waals surface area contributed by atoms with Crippen LogP contribution in [-0.4, -0.2) is 45.8 Å². The van der Waals surface area contributed by atoms with Gasteiger partial charge in [-0.15, -0.1) is 0 Å². The molecule has 8 heteroatoms. The summed E-state index contributed by atoms with van der Waals surface area (Å²) in [6.07, 6.45) is -3.63. The fourth-order valence-corrected chi connectivity index (χ4v) is 2.57. The van der Waals surface area contributed by atoms with E-state index >= 15 is 0 Å². The molecule has 0 radical (unpaired) electrons. The molecule has 0 saturated carbocycles. The number of aromatic amines is 1. The summed E-state index contributed by atoms with van der Waals surface area (Å²) in [5, 5.41) is 14.8. The number of aromatic nitrogens is 2. The predicted octanol–water partition coefficient (Wildman–Crippen LogP) is 1.37. The smallest absolute Gasteiger partial charge is 0.394 e. The number of aliphatic hydroxyl groups is 1. The number of rotatable bonds is 3. The van der Waals surface area contributed by atoms with Crippen molar-refractivity contribution in [1.82, 2.24) is 15.1 Å². The van der Waals surface area contributed by atoms with E-state index in [0.717, 1.165) is 0 Å². The van der Waals surface area contributed by atoms with Gasteiger partial charge in [0.05, 0.1) is 12.6 Å². The van der Waals surface area contributed by atoms with Crippen molar-refractivity contribution in [3.05, 3.63) is 17.0 Å². The van der Waals surface area contributed by atoms with Gasteiger partial charge in [0.15, 0.2) is 5.69 Å². The number of hydrogen-bond donors (Lipinski definition) is 2. The lowest BCUT2D eigenvalue weighted by Gasteiger charge is -2.30. The second kappa shape index (κ2) is 5.67. The molecule has 1 aliphatic carbocycles. The Bertz CT molecular complexity index is 527. The van der Waals surface area contributed by atoms with Crippen LogP contribution in [0, 0.1) is 5.92 Å². The molecule has 1 amide bonds. The van der Waals surface area contributed by atoms with Crippen LogP contribution in [0.25, 0.3) is 0 Å². The molecular formula is C13H18F3N3O2. The van der Waals surface area contributed by atoms with Crippen LogP contribution in [0.2, 0.25) is 0 Å². The molecule has 2 N–H and O–H groups in total. The first-order chi connectivity index (χ1) is 9.75. The van der Waals surface area contributed by atoms with Crippen LogP contribution in [0.1, 0.15) is 30.3 Å². The maximum Gasteiger partial charge on any atom is 0.435 e. The summed E-state index contributed by atoms with van der Waals surface area (Å²) in [7, 11) is 1.55. The zero-order valence-electron chi connectivity index (χ0n) is 11.9. The van der Waals surface area contributed by atoms with Gasteiger partial charge in [-0.1, -0.05) is 0 Å². The lowest BCUT2D eigenvalue weighted by Crippen LogP contribution is -2.42. The summed E-state index contributed by atoms with van der Waals surface area (Å²) in [4.78, 5) is 13.7. The standard InChI is InChI=1S/C13H18F3N3O2/c1-7(6-20)19(2)12(21)8-3-4-10-9(5-8)11(18-17-10)13(14,15)16/h7-8,20H,3-6H2,1-2H3,(H,17,18). The zero-order valence-corrected chi connectivity index (χ0v) is 11.9. The second-order valence-electron chi connectivity index (χ2n) is 5.45. The third-order valence-electron chi connectivity index (χ3n) is 4.04. The Morgan fingerprint density at radius 1 is 1.57 bits per heavy atom. The van der Waals surface area contributed by atoms with E-state index in [9.17, 15) is 18.0 Å². The number of aliphatic hydroxyl groups excluding tert-OH is 1. The molecule has 0 aromatic carbocycles. The fraction of sp³-hybridized carbons (Fsp3) is 0.692. The molecule has 2 rings (SSSR count). The number of likely N-dealkylation sites (N-methyl/N-ethyl adjacent to an activating group) is 1. The van der Waals surface area contributed by atoms with Crippen LogP contribution in [0.5, 0.6) is 0 Å². The van der Waals surface area contributed by atoms with Crippen LogP contribution in [0.4, 0.5) is 13.2 Å². The second-order valence-corrected chi connectivity index (χ2v) is 5.45. The van der Waals surface area contributed by atoms with Crippen LogP contribution in [0.3, 0.4) is 0 Å². The number of H-pyrrole nitrogens is 1. The molecule has 1 aromatic heterocycles. The Balaban J connectivity index is 2.19. The van der Waals surface area contributed by atoms with Crippen molar-refractivity contribution < 1.29 is 23.1 Å². The average Bonchev–Trinajstić information content (AvgIpc) is 2.87. The first kappa shape index (κ1) is 15.8. The van der Waals surface area contributed by atoms with Gasteiger partial charge in [-0.2, -0.15) is 18.3 Å². The minimum absolute atomic E-state index is 0.0298. The summed E-state index contributed by atoms with van der Waals surface area (Å²) in [6, 6.07) is -0.356. The third-order valence-corrected chi connectivity index (χ3v) is 4.04. The van der Waals surface area contributed by atoms with Crippen molar-refractivity contribution in [1.29, 1.82) is 0 Å². The minimum Gasteiger partial charge on any atom is -0.394 e. The van der Waals surface area contributed by atoms with Crippen LogP contribution >= 0.6 is 0 Å². The van der Waals surface area contributed by atoms with Crippen molar-refractivity contribution in [2.75, 3.05) is 13.7 Å². The molecule has 0 aliphatic heterocycles. The Morgan fingerprint density at radius 2 is 2.24 bits per heavy atom. The number of aryl methyl sites for hydroxylation is 1. The van der Waals surface area contributed by atoms with Crippen LogP contribution < -0.4 is 0 Å². The van der Waals surface area contributed by atoms with Crippen LogP contribution in [0.15, 0.2) is 0 Å². The average molecular weight is 305 g/mol. The van der Waals surface area contributed by atoms with Crippen molar-refractivity contribution in [3.8, 4) is 0 Å². The van der Waals surface area contributed by atoms with Crippen molar-refractivity contribution in [2.45, 2.75) is 38.4 Å². The van der Waals surface area contributed by atoms with E-state index in [1.807, 2.05) is 0 Å². The quantitative estimate of drug-likeness (QED) is 0.886. The number of hydrogen-bond acceptors (Lipinski definition) is 3. The summed E-state index contributed by atoms with van der Waals surface area (Å²) >= 11 is 0. The topological polar surface area (TPSA) is 69.2 Å². The van der Waals surface area contributed by atoms with Gasteiger partial charge in [-0.3, -0.25) is 9.89 Å². The van der Waals surface area contributed by atoms with E-state index in [1.165, 1.54) is 4.90 Å². The molecule has 1 heterocycles. The first-order valence-corrected chi connectivity index (χ1v) is 6.76. The van der Waals surface area contributed by atoms with Gasteiger partial charge in [-0.25, -0.2) is 0 Å². The molecule has 2 unspecified atom stereocenters. The minimum atomic E-state index is -4.51. The fourth-order valence-electron chi connectivity index (χ4n) is 2.57. The normalized spacial score (nSPS) is 20.0. The summed E-state index contributed by atoms with van der Waals surface area (Å²) < 4.78 is 38.6. The number of amides is 1. The summed E-state index contributed by atoms with van der Waals surface area (Å²) in [5.74, 6) is -0.744. The maximum absolute atomic E-state index is 12.9. The van der Waals surface area contributed by atoms with Crippen molar-refractivity contribution in [3.63, 3.8) is 0 Å². The highest BCUT2D eigenvalue weighted by atomic mass is 19.4. The highest BCUT2D eigenvalue weighted by Gasteiger charge is 2.41. The van der Waals surface area contributed by atoms with Crippen molar-refractivity contribution in [2.24, 2.45) is 5.92 Å². The predicted molar refractivity (Wildman–Crippen MR) is 68.4 cm³/mol. The molecular weight excluding hydrogens is 287 g/mol. The molecule has 5 nitrogen and oxygen atoms in total. The van der Waals surface area contributed by atoms with Gasteiger partial charge in [0.1, 0.15) is 0 Å². The van der Waals surface area contributed by atoms with E-state index in [-0.39, 0.29) is 30.5 Å². The lowest BCUT2D eigenvalue weighted by molar-refractivity contribution is -0.143. The summed E-state index contributed by atoms with van der Waals surface area (Å²) in [5.41, 5.74) is -0.366. The van der Waals surface area contributed by atoms with Gasteiger partial charge >= 0.3 is 6.18 Å². The monoisotopic (exact) mass is 305 g/mol. The van der Waals surface area contributed by atoms with Crippen LogP contribution in [-0.2, 0) is 23.8 Å². The number of nitrogens with zero attached hydrogens (tertiary/aromatic N) is 2. The van der Waals surface area contributed by atoms with E-state index in [0.29, 0.717) is 18.5 Å². The number of fused-ring (bicyclic) bond motifs is 1. The number of alkyl halides is 3. The maximum atomic E-state index is 12.9. The molecule has 118 valence electrons. The number of halogens is 3. The third kappa shape index (κ3) is 3.04. The Kier molecular flexibility index (Phi) is 4.27. The Hall–Kier alpha value is -1.57. The largest absolute Gasteiger partial charge is 0.435 e. The highest BCUT2D eigenvalue weighted by Crippen LogP contribution is 2.36. The molecule has 0 fully saturated rings. The molecule has 21 heavy (non-hydrogen) atoms. The van der Waals surface area contributed by atoms with Gasteiger partial charge in [-0.05, 0) is 26.2 Å². The Labute approximate surface area is 120 Å². The highest BCUT2D eigenvalue weighted by molar-refractivity contribution is 5.79. The van der Waals surface area contributed by atoms with E-state index < -0.39 is 17.8 Å². The number of carbonyl (C=O) groups is 1. The zero-order chi connectivity index (χ0) is 15.8. The number of nitrogens with one attached hydrogen (secondary N) is 1. The molecule has 1 aromatic rings.